The molecule has 2 aromatic carbocycles. The third-order valence-electron chi connectivity index (χ3n) is 7.29. The Balaban J connectivity index is 1.47. The van der Waals surface area contributed by atoms with Gasteiger partial charge in [-0.25, -0.2) is 12.7 Å². The molecule has 1 amide bonds. The molecule has 8 heteroatoms. The van der Waals surface area contributed by atoms with Crippen molar-refractivity contribution in [3.05, 3.63) is 72.4 Å². The van der Waals surface area contributed by atoms with Crippen molar-refractivity contribution in [2.24, 2.45) is 11.7 Å². The Hall–Kier alpha value is -3.07. The number of hydrogen-bond donors (Lipinski definition) is 2. The highest BCUT2D eigenvalue weighted by atomic mass is 32.2. The lowest BCUT2D eigenvalue weighted by molar-refractivity contribution is -0.117. The summed E-state index contributed by atoms with van der Waals surface area (Å²) >= 11 is 0. The summed E-state index contributed by atoms with van der Waals surface area (Å²) in [4.78, 5) is 17.6. The number of nitrogens with two attached hydrogens (primary N) is 1. The van der Waals surface area contributed by atoms with Gasteiger partial charge in [-0.2, -0.15) is 0 Å². The van der Waals surface area contributed by atoms with Crippen molar-refractivity contribution in [2.75, 3.05) is 18.6 Å². The average Bonchev–Trinajstić information content (AvgIpc) is 2.88. The van der Waals surface area contributed by atoms with Crippen molar-refractivity contribution >= 4 is 21.6 Å². The molecule has 1 saturated carbocycles. The van der Waals surface area contributed by atoms with Crippen molar-refractivity contribution in [1.29, 1.82) is 0 Å². The predicted molar refractivity (Wildman–Crippen MR) is 149 cm³/mol. The number of nitrogens with zero attached hydrogens (tertiary/aromatic N) is 2. The van der Waals surface area contributed by atoms with Crippen molar-refractivity contribution in [3.8, 4) is 22.4 Å². The second-order valence-corrected chi connectivity index (χ2v) is 12.1. The molecule has 7 nitrogen and oxygen atoms in total. The Morgan fingerprint density at radius 1 is 1.05 bits per heavy atom. The van der Waals surface area contributed by atoms with E-state index in [0.717, 1.165) is 53.6 Å². The SMILES string of the molecule is CC(N)c1ccc(-c2ncc(NC(=O)CC3CCC(N(C)S(C)(=O)=O)CC3)cc2-c2ccccc2)cc1. The van der Waals surface area contributed by atoms with Crippen LogP contribution in [0.1, 0.15) is 50.6 Å². The van der Waals surface area contributed by atoms with Gasteiger partial charge in [-0.1, -0.05) is 54.6 Å². The second-order valence-electron chi connectivity index (χ2n) is 10.1. The van der Waals surface area contributed by atoms with Crippen LogP contribution < -0.4 is 11.1 Å². The van der Waals surface area contributed by atoms with E-state index < -0.39 is 10.0 Å². The minimum atomic E-state index is -3.20. The van der Waals surface area contributed by atoms with Gasteiger partial charge in [0, 0.05) is 36.7 Å². The molecule has 0 bridgehead atoms. The van der Waals surface area contributed by atoms with E-state index >= 15 is 0 Å². The quantitative estimate of drug-likeness (QED) is 0.424. The van der Waals surface area contributed by atoms with Crippen molar-refractivity contribution in [3.63, 3.8) is 0 Å². The summed E-state index contributed by atoms with van der Waals surface area (Å²) in [6.07, 6.45) is 6.58. The number of sulfonamides is 1. The van der Waals surface area contributed by atoms with E-state index in [-0.39, 0.29) is 23.9 Å². The number of anilines is 1. The van der Waals surface area contributed by atoms with Gasteiger partial charge in [0.1, 0.15) is 0 Å². The number of hydrogen-bond acceptors (Lipinski definition) is 5. The third kappa shape index (κ3) is 6.83. The van der Waals surface area contributed by atoms with E-state index in [2.05, 4.69) is 5.32 Å². The molecular formula is C29H36N4O3S. The van der Waals surface area contributed by atoms with Crippen LogP contribution in [-0.2, 0) is 14.8 Å². The minimum absolute atomic E-state index is 0.0154. The first kappa shape index (κ1) is 27.0. The summed E-state index contributed by atoms with van der Waals surface area (Å²) < 4.78 is 25.1. The summed E-state index contributed by atoms with van der Waals surface area (Å²) in [6.45, 7) is 1.96. The van der Waals surface area contributed by atoms with Gasteiger partial charge in [0.2, 0.25) is 15.9 Å². The molecule has 196 valence electrons. The number of carbonyl (C=O) groups excluding carboxylic acids is 1. The summed E-state index contributed by atoms with van der Waals surface area (Å²) in [5.41, 5.74) is 11.5. The molecule has 1 aliphatic rings. The molecule has 0 aliphatic heterocycles. The Labute approximate surface area is 220 Å². The number of pyridine rings is 1. The molecular weight excluding hydrogens is 484 g/mol. The average molecular weight is 521 g/mol. The van der Waals surface area contributed by atoms with E-state index in [1.807, 2.05) is 67.6 Å². The zero-order valence-corrected chi connectivity index (χ0v) is 22.5. The van der Waals surface area contributed by atoms with Crippen LogP contribution in [0.25, 0.3) is 22.4 Å². The first-order valence-electron chi connectivity index (χ1n) is 12.8. The smallest absolute Gasteiger partial charge is 0.224 e. The molecule has 4 rings (SSSR count). The summed E-state index contributed by atoms with van der Waals surface area (Å²) in [5.74, 6) is 0.197. The molecule has 0 saturated heterocycles. The second kappa shape index (κ2) is 11.5. The normalized spacial score (nSPS) is 18.9. The largest absolute Gasteiger partial charge is 0.325 e. The molecule has 1 aromatic heterocycles. The fourth-order valence-electron chi connectivity index (χ4n) is 5.00. The molecule has 37 heavy (non-hydrogen) atoms. The lowest BCUT2D eigenvalue weighted by Gasteiger charge is -2.33. The van der Waals surface area contributed by atoms with Gasteiger partial charge < -0.3 is 11.1 Å². The van der Waals surface area contributed by atoms with Crippen molar-refractivity contribution < 1.29 is 13.2 Å². The van der Waals surface area contributed by atoms with Crippen LogP contribution in [0.4, 0.5) is 5.69 Å². The predicted octanol–water partition coefficient (Wildman–Crippen LogP) is 5.21. The highest BCUT2D eigenvalue weighted by Gasteiger charge is 2.29. The molecule has 1 unspecified atom stereocenters. The minimum Gasteiger partial charge on any atom is -0.325 e. The summed E-state index contributed by atoms with van der Waals surface area (Å²) in [6, 6.07) is 20.1. The van der Waals surface area contributed by atoms with Gasteiger partial charge >= 0.3 is 0 Å². The lowest BCUT2D eigenvalue weighted by Crippen LogP contribution is -2.39. The maximum Gasteiger partial charge on any atom is 0.224 e. The van der Waals surface area contributed by atoms with Crippen LogP contribution in [-0.4, -0.2) is 43.0 Å². The van der Waals surface area contributed by atoms with Crippen LogP contribution >= 0.6 is 0 Å². The Kier molecular flexibility index (Phi) is 8.42. The Bertz CT molecular complexity index is 1320. The maximum absolute atomic E-state index is 12.9. The van der Waals surface area contributed by atoms with Crippen LogP contribution in [0.3, 0.4) is 0 Å². The lowest BCUT2D eigenvalue weighted by atomic mass is 9.84. The van der Waals surface area contributed by atoms with Gasteiger partial charge in [-0.3, -0.25) is 9.78 Å². The zero-order chi connectivity index (χ0) is 26.6. The van der Waals surface area contributed by atoms with Crippen molar-refractivity contribution in [1.82, 2.24) is 9.29 Å². The van der Waals surface area contributed by atoms with E-state index in [0.29, 0.717) is 12.1 Å². The Morgan fingerprint density at radius 3 is 2.30 bits per heavy atom. The summed E-state index contributed by atoms with van der Waals surface area (Å²) in [5, 5.41) is 3.04. The molecule has 1 heterocycles. The standard InChI is InChI=1S/C29H36N4O3S/c1-20(30)22-11-13-24(14-12-22)29-27(23-7-5-4-6-8-23)18-25(19-31-29)32-28(34)17-21-9-15-26(16-10-21)33(2)37(3,35)36/h4-8,11-14,18-21,26H,9-10,15-17,30H2,1-3H3,(H,32,34). The number of carbonyl (C=O) groups is 1. The third-order valence-corrected chi connectivity index (χ3v) is 8.64. The monoisotopic (exact) mass is 520 g/mol. The molecule has 3 aromatic rings. The van der Waals surface area contributed by atoms with Crippen LogP contribution in [0.15, 0.2) is 66.9 Å². The number of nitrogens with one attached hydrogen (secondary N) is 1. The first-order valence-corrected chi connectivity index (χ1v) is 14.6. The fourth-order valence-corrected chi connectivity index (χ4v) is 5.76. The van der Waals surface area contributed by atoms with Gasteiger partial charge in [0.15, 0.2) is 0 Å². The van der Waals surface area contributed by atoms with E-state index in [9.17, 15) is 13.2 Å². The first-order chi connectivity index (χ1) is 17.6. The number of amides is 1. The van der Waals surface area contributed by atoms with Crippen LogP contribution in [0, 0.1) is 5.92 Å². The Morgan fingerprint density at radius 2 is 1.70 bits per heavy atom. The van der Waals surface area contributed by atoms with Crippen LogP contribution in [0.2, 0.25) is 0 Å². The van der Waals surface area contributed by atoms with Gasteiger partial charge in [0.05, 0.1) is 23.8 Å². The number of rotatable bonds is 8. The van der Waals surface area contributed by atoms with Gasteiger partial charge in [-0.05, 0) is 55.7 Å². The van der Waals surface area contributed by atoms with Crippen molar-refractivity contribution in [2.45, 2.75) is 51.1 Å². The fraction of sp³-hybridized carbons (Fsp3) is 0.379. The molecule has 1 fully saturated rings. The molecule has 3 N–H and O–H groups in total. The van der Waals surface area contributed by atoms with E-state index in [1.165, 1.54) is 10.6 Å². The number of aromatic nitrogens is 1. The highest BCUT2D eigenvalue weighted by molar-refractivity contribution is 7.88. The van der Waals surface area contributed by atoms with E-state index in [1.54, 1.807) is 13.2 Å². The van der Waals surface area contributed by atoms with Gasteiger partial charge in [-0.15, -0.1) is 0 Å². The zero-order valence-electron chi connectivity index (χ0n) is 21.7. The maximum atomic E-state index is 12.9. The molecule has 1 aliphatic carbocycles. The van der Waals surface area contributed by atoms with E-state index in [4.69, 9.17) is 10.7 Å². The summed E-state index contributed by atoms with van der Waals surface area (Å²) in [7, 11) is -1.56. The topological polar surface area (TPSA) is 105 Å². The molecule has 0 radical (unpaired) electrons. The molecule has 1 atom stereocenters. The van der Waals surface area contributed by atoms with Crippen LogP contribution in [0.5, 0.6) is 0 Å². The number of benzene rings is 2. The molecule has 0 spiro atoms. The highest BCUT2D eigenvalue weighted by Crippen LogP contribution is 2.34. The van der Waals surface area contributed by atoms with Gasteiger partial charge in [0.25, 0.3) is 0 Å².